The molecule has 5 heteroatoms. The first kappa shape index (κ1) is 12.6. The first-order valence-corrected chi connectivity index (χ1v) is 5.92. The highest BCUT2D eigenvalue weighted by atomic mass is 127. The number of nitrogens with zero attached hydrogens (tertiary/aromatic N) is 2. The predicted molar refractivity (Wildman–Crippen MR) is 68.4 cm³/mol. The summed E-state index contributed by atoms with van der Waals surface area (Å²) >= 11 is 2.19. The number of anilines is 1. The van der Waals surface area contributed by atoms with Gasteiger partial charge in [0.1, 0.15) is 12.4 Å². The third-order valence-corrected chi connectivity index (χ3v) is 3.04. The lowest BCUT2D eigenvalue weighted by Crippen LogP contribution is -2.10. The van der Waals surface area contributed by atoms with Crippen LogP contribution in [0.4, 0.5) is 5.82 Å². The minimum atomic E-state index is 0.409. The maximum Gasteiger partial charge on any atom is 0.156 e. The lowest BCUT2D eigenvalue weighted by molar-refractivity contribution is 0.177. The average Bonchev–Trinajstić information content (AvgIpc) is 2.13. The smallest absolute Gasteiger partial charge is 0.156 e. The van der Waals surface area contributed by atoms with Crippen molar-refractivity contribution in [3.05, 3.63) is 15.1 Å². The van der Waals surface area contributed by atoms with Crippen LogP contribution in [-0.4, -0.2) is 17.1 Å². The summed E-state index contributed by atoms with van der Waals surface area (Å²) in [4.78, 5) is 8.60. The second-order valence-electron chi connectivity index (χ2n) is 3.82. The van der Waals surface area contributed by atoms with E-state index in [2.05, 4.69) is 46.4 Å². The van der Waals surface area contributed by atoms with E-state index in [1.807, 2.05) is 0 Å². The molecule has 0 saturated heterocycles. The van der Waals surface area contributed by atoms with Gasteiger partial charge in [0.25, 0.3) is 0 Å². The molecule has 0 aromatic carbocycles. The van der Waals surface area contributed by atoms with Crippen LogP contribution < -0.4 is 5.73 Å². The second kappa shape index (κ2) is 5.60. The molecule has 0 aliphatic rings. The van der Waals surface area contributed by atoms with E-state index in [1.165, 1.54) is 0 Å². The zero-order valence-corrected chi connectivity index (χ0v) is 11.4. The van der Waals surface area contributed by atoms with Crippen molar-refractivity contribution in [2.45, 2.75) is 26.9 Å². The van der Waals surface area contributed by atoms with Gasteiger partial charge in [0.15, 0.2) is 5.82 Å². The third-order valence-electron chi connectivity index (χ3n) is 1.87. The molecule has 0 fully saturated rings. The van der Waals surface area contributed by atoms with Gasteiger partial charge in [-0.2, -0.15) is 0 Å². The van der Waals surface area contributed by atoms with Crippen molar-refractivity contribution in [1.29, 1.82) is 0 Å². The van der Waals surface area contributed by atoms with E-state index in [1.54, 1.807) is 7.11 Å². The molecule has 1 aromatic heterocycles. The highest BCUT2D eigenvalue weighted by Crippen LogP contribution is 2.19. The molecule has 0 aliphatic carbocycles. The molecule has 0 amide bonds. The van der Waals surface area contributed by atoms with Crippen LogP contribution in [0, 0.1) is 9.49 Å². The number of halogens is 1. The van der Waals surface area contributed by atoms with Gasteiger partial charge in [-0.15, -0.1) is 0 Å². The van der Waals surface area contributed by atoms with Crippen LogP contribution in [0.25, 0.3) is 0 Å². The predicted octanol–water partition coefficient (Wildman–Crippen LogP) is 2.01. The summed E-state index contributed by atoms with van der Waals surface area (Å²) in [6.45, 7) is 4.72. The average molecular weight is 321 g/mol. The van der Waals surface area contributed by atoms with E-state index in [9.17, 15) is 0 Å². The highest BCUT2D eigenvalue weighted by Gasteiger charge is 2.11. The largest absolute Gasteiger partial charge is 0.383 e. The third kappa shape index (κ3) is 3.57. The molecular weight excluding hydrogens is 305 g/mol. The lowest BCUT2D eigenvalue weighted by Gasteiger charge is -2.10. The molecule has 1 rings (SSSR count). The van der Waals surface area contributed by atoms with Gasteiger partial charge in [0, 0.05) is 7.11 Å². The molecule has 0 saturated carbocycles. The Morgan fingerprint density at radius 3 is 2.60 bits per heavy atom. The molecule has 15 heavy (non-hydrogen) atoms. The normalized spacial score (nSPS) is 11.0. The van der Waals surface area contributed by atoms with Gasteiger partial charge in [0.05, 0.1) is 9.26 Å². The maximum atomic E-state index is 5.81. The van der Waals surface area contributed by atoms with E-state index in [0.29, 0.717) is 24.2 Å². The molecule has 0 spiro atoms. The zero-order valence-electron chi connectivity index (χ0n) is 9.25. The van der Waals surface area contributed by atoms with E-state index in [4.69, 9.17) is 10.5 Å². The molecule has 0 unspecified atom stereocenters. The molecule has 0 bridgehead atoms. The molecular formula is C10H16IN3O. The summed E-state index contributed by atoms with van der Waals surface area (Å²) in [6.07, 6.45) is 0.918. The number of rotatable bonds is 4. The fourth-order valence-corrected chi connectivity index (χ4v) is 1.74. The van der Waals surface area contributed by atoms with E-state index >= 15 is 0 Å². The van der Waals surface area contributed by atoms with Crippen molar-refractivity contribution in [2.24, 2.45) is 5.92 Å². The van der Waals surface area contributed by atoms with Gasteiger partial charge in [-0.25, -0.2) is 9.97 Å². The van der Waals surface area contributed by atoms with Gasteiger partial charge in [-0.3, -0.25) is 0 Å². The molecule has 0 aliphatic heterocycles. The van der Waals surface area contributed by atoms with E-state index in [0.717, 1.165) is 15.7 Å². The fraction of sp³-hybridized carbons (Fsp3) is 0.600. The Morgan fingerprint density at radius 2 is 2.07 bits per heavy atom. The van der Waals surface area contributed by atoms with Gasteiger partial charge in [-0.05, 0) is 34.9 Å². The summed E-state index contributed by atoms with van der Waals surface area (Å²) < 4.78 is 5.96. The van der Waals surface area contributed by atoms with Crippen LogP contribution >= 0.6 is 22.6 Å². The Labute approximate surface area is 104 Å². The SMILES string of the molecule is COCc1nc(N)c(I)c(CC(C)C)n1. The summed E-state index contributed by atoms with van der Waals surface area (Å²) in [7, 11) is 1.62. The Morgan fingerprint density at radius 1 is 1.40 bits per heavy atom. The standard InChI is InChI=1S/C10H16IN3O/c1-6(2)4-7-9(11)10(12)14-8(13-7)5-15-3/h6H,4-5H2,1-3H3,(H2,12,13,14). The van der Waals surface area contributed by atoms with Gasteiger partial charge >= 0.3 is 0 Å². The monoisotopic (exact) mass is 321 g/mol. The zero-order chi connectivity index (χ0) is 11.4. The number of ether oxygens (including phenoxy) is 1. The van der Waals surface area contributed by atoms with Crippen molar-refractivity contribution in [2.75, 3.05) is 12.8 Å². The summed E-state index contributed by atoms with van der Waals surface area (Å²) in [6, 6.07) is 0. The Hall–Kier alpha value is -0.430. The first-order valence-electron chi connectivity index (χ1n) is 4.84. The molecule has 84 valence electrons. The van der Waals surface area contributed by atoms with Crippen molar-refractivity contribution < 1.29 is 4.74 Å². The quantitative estimate of drug-likeness (QED) is 0.862. The highest BCUT2D eigenvalue weighted by molar-refractivity contribution is 14.1. The number of hydrogen-bond donors (Lipinski definition) is 1. The second-order valence-corrected chi connectivity index (χ2v) is 4.90. The molecule has 0 atom stereocenters. The summed E-state index contributed by atoms with van der Waals surface area (Å²) in [5, 5.41) is 0. The summed E-state index contributed by atoms with van der Waals surface area (Å²) in [5.74, 6) is 1.77. The van der Waals surface area contributed by atoms with Crippen LogP contribution in [0.5, 0.6) is 0 Å². The van der Waals surface area contributed by atoms with Crippen molar-refractivity contribution in [3.8, 4) is 0 Å². The van der Waals surface area contributed by atoms with Crippen molar-refractivity contribution >= 4 is 28.4 Å². The van der Waals surface area contributed by atoms with Gasteiger partial charge in [-0.1, -0.05) is 13.8 Å². The number of nitrogens with two attached hydrogens (primary N) is 1. The minimum Gasteiger partial charge on any atom is -0.383 e. The van der Waals surface area contributed by atoms with Gasteiger partial charge in [0.2, 0.25) is 0 Å². The van der Waals surface area contributed by atoms with Crippen LogP contribution in [-0.2, 0) is 17.8 Å². The number of methoxy groups -OCH3 is 1. The molecule has 1 heterocycles. The maximum absolute atomic E-state index is 5.81. The Balaban J connectivity index is 3.01. The molecule has 0 radical (unpaired) electrons. The van der Waals surface area contributed by atoms with Crippen LogP contribution in [0.2, 0.25) is 0 Å². The minimum absolute atomic E-state index is 0.409. The Kier molecular flexibility index (Phi) is 4.72. The first-order chi connectivity index (χ1) is 7.04. The molecule has 4 nitrogen and oxygen atoms in total. The fourth-order valence-electron chi connectivity index (χ4n) is 1.28. The van der Waals surface area contributed by atoms with E-state index < -0.39 is 0 Å². The lowest BCUT2D eigenvalue weighted by atomic mass is 10.1. The number of nitrogen functional groups attached to an aromatic ring is 1. The van der Waals surface area contributed by atoms with Crippen LogP contribution in [0.15, 0.2) is 0 Å². The number of aromatic nitrogens is 2. The summed E-state index contributed by atoms with van der Waals surface area (Å²) in [5.41, 5.74) is 6.83. The number of hydrogen-bond acceptors (Lipinski definition) is 4. The van der Waals surface area contributed by atoms with Crippen LogP contribution in [0.3, 0.4) is 0 Å². The van der Waals surface area contributed by atoms with Crippen molar-refractivity contribution in [1.82, 2.24) is 9.97 Å². The Bertz CT molecular complexity index is 342. The topological polar surface area (TPSA) is 61.0 Å². The molecule has 2 N–H and O–H groups in total. The van der Waals surface area contributed by atoms with Gasteiger partial charge < -0.3 is 10.5 Å². The van der Waals surface area contributed by atoms with Crippen molar-refractivity contribution in [3.63, 3.8) is 0 Å². The molecule has 1 aromatic rings. The van der Waals surface area contributed by atoms with E-state index in [-0.39, 0.29) is 0 Å². The van der Waals surface area contributed by atoms with Crippen LogP contribution in [0.1, 0.15) is 25.4 Å².